The van der Waals surface area contributed by atoms with Crippen LogP contribution < -0.4 is 4.74 Å². The second-order valence-electron chi connectivity index (χ2n) is 4.91. The van der Waals surface area contributed by atoms with E-state index in [0.717, 1.165) is 19.6 Å². The zero-order chi connectivity index (χ0) is 14.9. The normalized spacial score (nSPS) is 11.0. The molecule has 0 radical (unpaired) electrons. The Balaban J connectivity index is 1.80. The highest BCUT2D eigenvalue weighted by Gasteiger charge is 2.05. The number of nitrogens with zero attached hydrogens (tertiary/aromatic N) is 3. The first-order valence-corrected chi connectivity index (χ1v) is 7.54. The molecule has 0 N–H and O–H groups in total. The van der Waals surface area contributed by atoms with Crippen LogP contribution in [-0.4, -0.2) is 41.1 Å². The van der Waals surface area contributed by atoms with Gasteiger partial charge in [0.15, 0.2) is 17.3 Å². The summed E-state index contributed by atoms with van der Waals surface area (Å²) in [5, 5.41) is 0. The van der Waals surface area contributed by atoms with E-state index in [1.165, 1.54) is 12.8 Å². The maximum Gasteiger partial charge on any atom is 0.195 e. The van der Waals surface area contributed by atoms with E-state index in [2.05, 4.69) is 28.7 Å². The van der Waals surface area contributed by atoms with E-state index in [1.807, 2.05) is 12.1 Å². The Morgan fingerprint density at radius 1 is 1.10 bits per heavy atom. The second kappa shape index (κ2) is 8.42. The molecule has 0 aliphatic carbocycles. The summed E-state index contributed by atoms with van der Waals surface area (Å²) in [7, 11) is 0. The number of furan rings is 1. The highest BCUT2D eigenvalue weighted by atomic mass is 16.5. The topological polar surface area (TPSA) is 51.4 Å². The molecule has 2 aromatic rings. The number of hydrogen-bond acceptors (Lipinski definition) is 5. The van der Waals surface area contributed by atoms with Crippen molar-refractivity contribution in [2.75, 3.05) is 26.2 Å². The van der Waals surface area contributed by atoms with Crippen LogP contribution in [0.2, 0.25) is 0 Å². The van der Waals surface area contributed by atoms with Gasteiger partial charge >= 0.3 is 0 Å². The summed E-state index contributed by atoms with van der Waals surface area (Å²) < 4.78 is 11.0. The summed E-state index contributed by atoms with van der Waals surface area (Å²) in [4.78, 5) is 10.9. The molecule has 21 heavy (non-hydrogen) atoms. The molecule has 0 unspecified atom stereocenters. The molecule has 0 aromatic carbocycles. The largest absolute Gasteiger partial charge is 0.489 e. The molecular formula is C16H23N3O2. The Labute approximate surface area is 126 Å². The first kappa shape index (κ1) is 15.5. The van der Waals surface area contributed by atoms with Crippen LogP contribution in [0.25, 0.3) is 11.6 Å². The average molecular weight is 289 g/mol. The molecule has 2 heterocycles. The van der Waals surface area contributed by atoms with Gasteiger partial charge in [-0.15, -0.1) is 0 Å². The maximum atomic E-state index is 5.70. The van der Waals surface area contributed by atoms with E-state index in [-0.39, 0.29) is 0 Å². The van der Waals surface area contributed by atoms with E-state index < -0.39 is 0 Å². The molecule has 0 atom stereocenters. The Bertz CT molecular complexity index is 491. The molecule has 2 rings (SSSR count). The Morgan fingerprint density at radius 3 is 2.38 bits per heavy atom. The number of hydrogen-bond donors (Lipinski definition) is 0. The van der Waals surface area contributed by atoms with Crippen LogP contribution >= 0.6 is 0 Å². The highest BCUT2D eigenvalue weighted by molar-refractivity contribution is 5.45. The van der Waals surface area contributed by atoms with Crippen molar-refractivity contribution < 1.29 is 9.15 Å². The third kappa shape index (κ3) is 4.86. The van der Waals surface area contributed by atoms with Gasteiger partial charge in [-0.25, -0.2) is 9.97 Å². The van der Waals surface area contributed by atoms with Crippen LogP contribution in [0, 0.1) is 0 Å². The molecule has 0 bridgehead atoms. The molecule has 5 heteroatoms. The third-order valence-electron chi connectivity index (χ3n) is 3.13. The molecule has 0 aliphatic rings. The number of aromatic nitrogens is 2. The Morgan fingerprint density at radius 2 is 1.81 bits per heavy atom. The molecule has 0 saturated carbocycles. The van der Waals surface area contributed by atoms with Crippen molar-refractivity contribution in [1.82, 2.24) is 14.9 Å². The lowest BCUT2D eigenvalue weighted by atomic mass is 10.3. The van der Waals surface area contributed by atoms with Gasteiger partial charge in [0.2, 0.25) is 0 Å². The molecule has 0 amide bonds. The fraction of sp³-hybridized carbons (Fsp3) is 0.500. The Hall–Kier alpha value is -1.88. The second-order valence-corrected chi connectivity index (χ2v) is 4.91. The summed E-state index contributed by atoms with van der Waals surface area (Å²) in [5.74, 6) is 1.93. The van der Waals surface area contributed by atoms with Crippen LogP contribution in [-0.2, 0) is 0 Å². The van der Waals surface area contributed by atoms with Crippen molar-refractivity contribution in [3.63, 3.8) is 0 Å². The standard InChI is InChI=1S/C16H23N3O2/c1-3-7-19(8-4-2)9-11-20-14-12-17-16(18-13-14)15-6-5-10-21-15/h5-6,10,12-13H,3-4,7-9,11H2,1-2H3. The van der Waals surface area contributed by atoms with E-state index >= 15 is 0 Å². The lowest BCUT2D eigenvalue weighted by Gasteiger charge is -2.20. The third-order valence-corrected chi connectivity index (χ3v) is 3.13. The molecule has 5 nitrogen and oxygen atoms in total. The summed E-state index contributed by atoms with van der Waals surface area (Å²) in [5.41, 5.74) is 0. The van der Waals surface area contributed by atoms with Gasteiger partial charge in [-0.05, 0) is 38.1 Å². The zero-order valence-electron chi connectivity index (χ0n) is 12.8. The fourth-order valence-electron chi connectivity index (χ4n) is 2.18. The minimum Gasteiger partial charge on any atom is -0.489 e. The predicted octanol–water partition coefficient (Wildman–Crippen LogP) is 3.24. The summed E-state index contributed by atoms with van der Waals surface area (Å²) >= 11 is 0. The van der Waals surface area contributed by atoms with Gasteiger partial charge < -0.3 is 9.15 Å². The summed E-state index contributed by atoms with van der Waals surface area (Å²) in [6, 6.07) is 3.66. The highest BCUT2D eigenvalue weighted by Crippen LogP contribution is 2.16. The fourth-order valence-corrected chi connectivity index (χ4v) is 2.18. The van der Waals surface area contributed by atoms with Crippen molar-refractivity contribution in [2.24, 2.45) is 0 Å². The number of rotatable bonds is 9. The molecule has 0 saturated heterocycles. The molecule has 2 aromatic heterocycles. The van der Waals surface area contributed by atoms with Crippen molar-refractivity contribution in [2.45, 2.75) is 26.7 Å². The molecular weight excluding hydrogens is 266 g/mol. The van der Waals surface area contributed by atoms with Gasteiger partial charge in [0.05, 0.1) is 18.7 Å². The van der Waals surface area contributed by atoms with Crippen LogP contribution in [0.4, 0.5) is 0 Å². The molecule has 0 fully saturated rings. The minimum absolute atomic E-state index is 0.575. The van der Waals surface area contributed by atoms with Crippen molar-refractivity contribution in [3.8, 4) is 17.3 Å². The average Bonchev–Trinajstić information content (AvgIpc) is 3.03. The predicted molar refractivity (Wildman–Crippen MR) is 82.3 cm³/mol. The molecule has 0 aliphatic heterocycles. The zero-order valence-corrected chi connectivity index (χ0v) is 12.8. The van der Waals surface area contributed by atoms with Crippen molar-refractivity contribution in [3.05, 3.63) is 30.8 Å². The first-order chi connectivity index (χ1) is 10.3. The quantitative estimate of drug-likeness (QED) is 0.709. The lowest BCUT2D eigenvalue weighted by Crippen LogP contribution is -2.30. The van der Waals surface area contributed by atoms with Gasteiger partial charge in [0, 0.05) is 6.54 Å². The van der Waals surface area contributed by atoms with E-state index in [4.69, 9.17) is 9.15 Å². The van der Waals surface area contributed by atoms with E-state index in [9.17, 15) is 0 Å². The van der Waals surface area contributed by atoms with E-state index in [1.54, 1.807) is 18.7 Å². The molecule has 0 spiro atoms. The first-order valence-electron chi connectivity index (χ1n) is 7.54. The van der Waals surface area contributed by atoms with E-state index in [0.29, 0.717) is 23.9 Å². The summed E-state index contributed by atoms with van der Waals surface area (Å²) in [6.07, 6.45) is 7.32. The number of ether oxygens (including phenoxy) is 1. The monoisotopic (exact) mass is 289 g/mol. The van der Waals surface area contributed by atoms with Crippen LogP contribution in [0.15, 0.2) is 35.2 Å². The maximum absolute atomic E-state index is 5.70. The van der Waals surface area contributed by atoms with Crippen LogP contribution in [0.5, 0.6) is 5.75 Å². The van der Waals surface area contributed by atoms with Gasteiger partial charge in [-0.2, -0.15) is 0 Å². The smallest absolute Gasteiger partial charge is 0.195 e. The minimum atomic E-state index is 0.575. The van der Waals surface area contributed by atoms with Crippen molar-refractivity contribution in [1.29, 1.82) is 0 Å². The Kier molecular flexibility index (Phi) is 6.22. The van der Waals surface area contributed by atoms with Crippen molar-refractivity contribution >= 4 is 0 Å². The SMILES string of the molecule is CCCN(CCC)CCOc1cnc(-c2ccco2)nc1. The van der Waals surface area contributed by atoms with Gasteiger partial charge in [0.25, 0.3) is 0 Å². The van der Waals surface area contributed by atoms with Gasteiger partial charge in [0.1, 0.15) is 6.61 Å². The van der Waals surface area contributed by atoms with Gasteiger partial charge in [-0.3, -0.25) is 4.90 Å². The van der Waals surface area contributed by atoms with Crippen LogP contribution in [0.3, 0.4) is 0 Å². The van der Waals surface area contributed by atoms with Gasteiger partial charge in [-0.1, -0.05) is 13.8 Å². The lowest BCUT2D eigenvalue weighted by molar-refractivity contribution is 0.208. The van der Waals surface area contributed by atoms with Crippen LogP contribution in [0.1, 0.15) is 26.7 Å². The molecule has 114 valence electrons. The summed E-state index contributed by atoms with van der Waals surface area (Å²) in [6.45, 7) is 8.22.